The van der Waals surface area contributed by atoms with Crippen molar-refractivity contribution in [2.75, 3.05) is 6.54 Å². The Bertz CT molecular complexity index is 346. The molecule has 0 bridgehead atoms. The molecule has 1 aliphatic rings. The van der Waals surface area contributed by atoms with Crippen LogP contribution in [0.4, 0.5) is 0 Å². The van der Waals surface area contributed by atoms with Gasteiger partial charge >= 0.3 is 0 Å². The fraction of sp³-hybridized carbons (Fsp3) is 0.667. The molecule has 1 aromatic carbocycles. The summed E-state index contributed by atoms with van der Waals surface area (Å²) in [6.45, 7) is 5.70. The van der Waals surface area contributed by atoms with E-state index in [1.807, 2.05) is 0 Å². The number of benzene rings is 1. The molecule has 1 N–H and O–H groups in total. The van der Waals surface area contributed by atoms with Crippen molar-refractivity contribution >= 4 is 0 Å². The lowest BCUT2D eigenvalue weighted by Gasteiger charge is -2.37. The second-order valence-corrected chi connectivity index (χ2v) is 5.97. The van der Waals surface area contributed by atoms with Crippen molar-refractivity contribution < 1.29 is 0 Å². The second-order valence-electron chi connectivity index (χ2n) is 5.97. The molecule has 19 heavy (non-hydrogen) atoms. The first-order chi connectivity index (χ1) is 9.35. The van der Waals surface area contributed by atoms with Gasteiger partial charge in [0.1, 0.15) is 0 Å². The highest BCUT2D eigenvalue weighted by atomic mass is 14.9. The number of hydrogen-bond acceptors (Lipinski definition) is 1. The molecule has 106 valence electrons. The first-order valence-electron chi connectivity index (χ1n) is 8.12. The van der Waals surface area contributed by atoms with Gasteiger partial charge in [-0.25, -0.2) is 0 Å². The first-order valence-corrected chi connectivity index (χ1v) is 8.12. The maximum atomic E-state index is 3.77. The van der Waals surface area contributed by atoms with Crippen LogP contribution in [-0.2, 0) is 6.42 Å². The van der Waals surface area contributed by atoms with Crippen LogP contribution < -0.4 is 5.32 Å². The predicted octanol–water partition coefficient (Wildman–Crippen LogP) is 4.42. The van der Waals surface area contributed by atoms with Crippen molar-refractivity contribution in [3.05, 3.63) is 35.9 Å². The Morgan fingerprint density at radius 1 is 1.11 bits per heavy atom. The van der Waals surface area contributed by atoms with Gasteiger partial charge < -0.3 is 5.32 Å². The van der Waals surface area contributed by atoms with Crippen molar-refractivity contribution in [3.63, 3.8) is 0 Å². The number of rotatable bonds is 6. The number of hydrogen-bond donors (Lipinski definition) is 1. The average molecular weight is 259 g/mol. The summed E-state index contributed by atoms with van der Waals surface area (Å²) < 4.78 is 0. The van der Waals surface area contributed by atoms with Crippen LogP contribution in [0, 0.1) is 11.8 Å². The molecule has 0 saturated heterocycles. The van der Waals surface area contributed by atoms with Gasteiger partial charge in [-0.15, -0.1) is 0 Å². The van der Waals surface area contributed by atoms with E-state index in [0.29, 0.717) is 6.04 Å². The molecular weight excluding hydrogens is 230 g/mol. The Morgan fingerprint density at radius 2 is 1.84 bits per heavy atom. The highest BCUT2D eigenvalue weighted by Crippen LogP contribution is 2.35. The van der Waals surface area contributed by atoms with Gasteiger partial charge in [-0.05, 0) is 36.8 Å². The van der Waals surface area contributed by atoms with E-state index in [0.717, 1.165) is 18.4 Å². The summed E-state index contributed by atoms with van der Waals surface area (Å²) in [5.41, 5.74) is 1.48. The van der Waals surface area contributed by atoms with Gasteiger partial charge in [0.15, 0.2) is 0 Å². The average Bonchev–Trinajstić information content (AvgIpc) is 2.48. The molecule has 1 aliphatic carbocycles. The smallest absolute Gasteiger partial charge is 0.0138 e. The lowest BCUT2D eigenvalue weighted by molar-refractivity contribution is 0.175. The summed E-state index contributed by atoms with van der Waals surface area (Å²) >= 11 is 0. The number of likely N-dealkylation sites (N-methyl/N-ethyl adjacent to an activating group) is 1. The largest absolute Gasteiger partial charge is 0.314 e. The van der Waals surface area contributed by atoms with Crippen LogP contribution in [0.15, 0.2) is 30.3 Å². The maximum Gasteiger partial charge on any atom is 0.0138 e. The van der Waals surface area contributed by atoms with Crippen LogP contribution in [0.25, 0.3) is 0 Å². The minimum absolute atomic E-state index is 0.664. The van der Waals surface area contributed by atoms with Crippen molar-refractivity contribution in [2.45, 2.75) is 58.4 Å². The van der Waals surface area contributed by atoms with Crippen LogP contribution in [0.1, 0.15) is 51.5 Å². The van der Waals surface area contributed by atoms with Gasteiger partial charge in [-0.2, -0.15) is 0 Å². The molecule has 1 nitrogen and oxygen atoms in total. The number of nitrogens with one attached hydrogen (secondary N) is 1. The van der Waals surface area contributed by atoms with Crippen molar-refractivity contribution in [1.29, 1.82) is 0 Å². The van der Waals surface area contributed by atoms with E-state index in [-0.39, 0.29) is 0 Å². The van der Waals surface area contributed by atoms with Crippen molar-refractivity contribution in [2.24, 2.45) is 11.8 Å². The summed E-state index contributed by atoms with van der Waals surface area (Å²) in [4.78, 5) is 0. The summed E-state index contributed by atoms with van der Waals surface area (Å²) in [6.07, 6.45) is 8.27. The van der Waals surface area contributed by atoms with Crippen LogP contribution in [-0.4, -0.2) is 12.6 Å². The summed E-state index contributed by atoms with van der Waals surface area (Å²) in [5.74, 6) is 1.81. The summed E-state index contributed by atoms with van der Waals surface area (Å²) in [5, 5.41) is 3.77. The third-order valence-electron chi connectivity index (χ3n) is 4.77. The van der Waals surface area contributed by atoms with E-state index >= 15 is 0 Å². The van der Waals surface area contributed by atoms with Gasteiger partial charge in [-0.1, -0.05) is 69.9 Å². The van der Waals surface area contributed by atoms with Crippen LogP contribution in [0.5, 0.6) is 0 Å². The molecule has 0 amide bonds. The molecule has 0 heterocycles. The van der Waals surface area contributed by atoms with Gasteiger partial charge in [0.25, 0.3) is 0 Å². The highest BCUT2D eigenvalue weighted by Gasteiger charge is 2.30. The summed E-state index contributed by atoms with van der Waals surface area (Å²) in [7, 11) is 0. The Balaban J connectivity index is 2.05. The Labute approximate surface area is 118 Å². The lowest BCUT2D eigenvalue weighted by Crippen LogP contribution is -2.42. The van der Waals surface area contributed by atoms with E-state index in [9.17, 15) is 0 Å². The molecule has 0 radical (unpaired) electrons. The van der Waals surface area contributed by atoms with Crippen LogP contribution in [0.2, 0.25) is 0 Å². The van der Waals surface area contributed by atoms with Gasteiger partial charge in [-0.3, -0.25) is 0 Å². The zero-order chi connectivity index (χ0) is 13.5. The Kier molecular flexibility index (Phi) is 5.91. The molecule has 0 aromatic heterocycles. The lowest BCUT2D eigenvalue weighted by atomic mass is 9.72. The molecule has 3 atom stereocenters. The quantitative estimate of drug-likeness (QED) is 0.797. The van der Waals surface area contributed by atoms with Crippen LogP contribution >= 0.6 is 0 Å². The maximum absolute atomic E-state index is 3.77. The molecule has 0 spiro atoms. The Hall–Kier alpha value is -0.820. The van der Waals surface area contributed by atoms with Crippen LogP contribution in [0.3, 0.4) is 0 Å². The molecule has 3 unspecified atom stereocenters. The van der Waals surface area contributed by atoms with Gasteiger partial charge in [0.05, 0.1) is 0 Å². The van der Waals surface area contributed by atoms with E-state index in [2.05, 4.69) is 49.5 Å². The van der Waals surface area contributed by atoms with E-state index < -0.39 is 0 Å². The minimum atomic E-state index is 0.664. The monoisotopic (exact) mass is 259 g/mol. The molecular formula is C18H29N. The fourth-order valence-corrected chi connectivity index (χ4v) is 3.78. The predicted molar refractivity (Wildman–Crippen MR) is 83.3 cm³/mol. The zero-order valence-corrected chi connectivity index (χ0v) is 12.6. The standard InChI is InChI=1S/C18H29N/c1-3-16-12-8-9-13-17(16)18(19-4-2)14-15-10-6-5-7-11-15/h5-7,10-11,16-19H,3-4,8-9,12-14H2,1-2H3. The SMILES string of the molecule is CCNC(Cc1ccccc1)C1CCCCC1CC. The third kappa shape index (κ3) is 4.07. The molecule has 0 aliphatic heterocycles. The topological polar surface area (TPSA) is 12.0 Å². The van der Waals surface area contributed by atoms with E-state index in [1.54, 1.807) is 0 Å². The molecule has 1 aromatic rings. The first kappa shape index (κ1) is 14.6. The normalized spacial score (nSPS) is 25.2. The Morgan fingerprint density at radius 3 is 2.53 bits per heavy atom. The zero-order valence-electron chi connectivity index (χ0n) is 12.6. The van der Waals surface area contributed by atoms with E-state index in [1.165, 1.54) is 44.1 Å². The minimum Gasteiger partial charge on any atom is -0.314 e. The van der Waals surface area contributed by atoms with Gasteiger partial charge in [0, 0.05) is 6.04 Å². The van der Waals surface area contributed by atoms with Crippen molar-refractivity contribution in [1.82, 2.24) is 5.32 Å². The molecule has 1 saturated carbocycles. The fourth-order valence-electron chi connectivity index (χ4n) is 3.78. The summed E-state index contributed by atoms with van der Waals surface area (Å²) in [6, 6.07) is 11.6. The second kappa shape index (κ2) is 7.69. The van der Waals surface area contributed by atoms with Gasteiger partial charge in [0.2, 0.25) is 0 Å². The van der Waals surface area contributed by atoms with E-state index in [4.69, 9.17) is 0 Å². The van der Waals surface area contributed by atoms with Crippen molar-refractivity contribution in [3.8, 4) is 0 Å². The molecule has 1 fully saturated rings. The highest BCUT2D eigenvalue weighted by molar-refractivity contribution is 5.16. The molecule has 1 heteroatoms. The molecule has 2 rings (SSSR count). The third-order valence-corrected chi connectivity index (χ3v) is 4.77.